The first-order valence-corrected chi connectivity index (χ1v) is 12.0. The molecular weight excluding hydrogens is 438 g/mol. The van der Waals surface area contributed by atoms with Crippen molar-refractivity contribution in [3.63, 3.8) is 0 Å². The Hall–Kier alpha value is -2.12. The molecule has 34 heavy (non-hydrogen) atoms. The first-order valence-electron chi connectivity index (χ1n) is 12.0. The highest BCUT2D eigenvalue weighted by atomic mass is 16.5. The molecular formula is C26H47NO7. The molecule has 198 valence electrons. The second-order valence-electron chi connectivity index (χ2n) is 12.8. The van der Waals surface area contributed by atoms with Crippen LogP contribution in [0.1, 0.15) is 94.9 Å². The van der Waals surface area contributed by atoms with Crippen molar-refractivity contribution < 1.29 is 33.8 Å². The van der Waals surface area contributed by atoms with E-state index in [2.05, 4.69) is 41.5 Å². The van der Waals surface area contributed by atoms with E-state index in [1.54, 1.807) is 0 Å². The average Bonchev–Trinajstić information content (AvgIpc) is 2.60. The summed E-state index contributed by atoms with van der Waals surface area (Å²) in [6.07, 6.45) is 0.801. The molecule has 8 heteroatoms. The fraction of sp³-hybridized carbons (Fsp3) is 0.846. The second kappa shape index (κ2) is 12.5. The van der Waals surface area contributed by atoms with Crippen molar-refractivity contribution in [1.82, 2.24) is 4.90 Å². The van der Waals surface area contributed by atoms with Crippen LogP contribution >= 0.6 is 0 Å². The summed E-state index contributed by atoms with van der Waals surface area (Å²) in [5.41, 5.74) is -1.45. The van der Waals surface area contributed by atoms with Gasteiger partial charge in [-0.3, -0.25) is 19.2 Å². The van der Waals surface area contributed by atoms with E-state index in [0.717, 1.165) is 0 Å². The highest BCUT2D eigenvalue weighted by molar-refractivity contribution is 5.81. The van der Waals surface area contributed by atoms with Gasteiger partial charge in [0.25, 0.3) is 0 Å². The van der Waals surface area contributed by atoms with Gasteiger partial charge in [0.1, 0.15) is 13.2 Å². The van der Waals surface area contributed by atoms with E-state index < -0.39 is 22.7 Å². The van der Waals surface area contributed by atoms with Crippen LogP contribution in [-0.4, -0.2) is 60.1 Å². The predicted molar refractivity (Wildman–Crippen MR) is 131 cm³/mol. The predicted octanol–water partition coefficient (Wildman–Crippen LogP) is 4.69. The van der Waals surface area contributed by atoms with Crippen molar-refractivity contribution in [2.45, 2.75) is 94.9 Å². The maximum absolute atomic E-state index is 12.6. The topological polar surface area (TPSA) is 110 Å². The summed E-state index contributed by atoms with van der Waals surface area (Å²) in [5, 5.41) is 8.90. The summed E-state index contributed by atoms with van der Waals surface area (Å²) in [4.78, 5) is 49.9. The number of carboxylic acid groups (broad SMARTS) is 1. The number of hydrogen-bond donors (Lipinski definition) is 1. The Morgan fingerprint density at radius 3 is 1.29 bits per heavy atom. The van der Waals surface area contributed by atoms with E-state index in [0.29, 0.717) is 12.8 Å². The van der Waals surface area contributed by atoms with Crippen molar-refractivity contribution in [2.75, 3.05) is 26.3 Å². The van der Waals surface area contributed by atoms with Gasteiger partial charge in [0.05, 0.1) is 30.3 Å². The van der Waals surface area contributed by atoms with Crippen molar-refractivity contribution >= 4 is 23.8 Å². The third-order valence-corrected chi connectivity index (χ3v) is 5.14. The number of hydrogen-bond acceptors (Lipinski definition) is 6. The zero-order chi connectivity index (χ0) is 27.0. The van der Waals surface area contributed by atoms with E-state index in [1.807, 2.05) is 27.7 Å². The largest absolute Gasteiger partial charge is 0.481 e. The van der Waals surface area contributed by atoms with Crippen LogP contribution in [0.5, 0.6) is 0 Å². The number of esters is 2. The Labute approximate surface area is 205 Å². The third-order valence-electron chi connectivity index (χ3n) is 5.14. The van der Waals surface area contributed by atoms with Crippen LogP contribution in [0.25, 0.3) is 0 Å². The Bertz CT molecular complexity index is 666. The van der Waals surface area contributed by atoms with Gasteiger partial charge in [-0.2, -0.15) is 0 Å². The highest BCUT2D eigenvalue weighted by Crippen LogP contribution is 2.35. The molecule has 0 unspecified atom stereocenters. The molecule has 8 nitrogen and oxygen atoms in total. The van der Waals surface area contributed by atoms with Gasteiger partial charge in [0.15, 0.2) is 0 Å². The number of carboxylic acids is 1. The van der Waals surface area contributed by atoms with Gasteiger partial charge < -0.3 is 19.5 Å². The van der Waals surface area contributed by atoms with Gasteiger partial charge in [-0.25, -0.2) is 0 Å². The molecule has 0 aromatic heterocycles. The normalized spacial score (nSPS) is 12.8. The minimum absolute atomic E-state index is 0.0192. The number of nitrogens with zero attached hydrogens (tertiary/aromatic N) is 1. The fourth-order valence-corrected chi connectivity index (χ4v) is 4.42. The molecule has 0 saturated carbocycles. The molecule has 0 aliphatic rings. The van der Waals surface area contributed by atoms with Crippen LogP contribution in [0.3, 0.4) is 0 Å². The molecule has 0 saturated heterocycles. The molecule has 0 aromatic carbocycles. The first kappa shape index (κ1) is 31.9. The zero-order valence-electron chi connectivity index (χ0n) is 23.0. The molecule has 0 bridgehead atoms. The molecule has 1 N–H and O–H groups in total. The number of ether oxygens (including phenoxy) is 2. The maximum atomic E-state index is 12.6. The van der Waals surface area contributed by atoms with Crippen molar-refractivity contribution in [3.8, 4) is 0 Å². The first-order chi connectivity index (χ1) is 15.2. The molecule has 0 spiro atoms. The lowest BCUT2D eigenvalue weighted by molar-refractivity contribution is -0.158. The number of aliphatic carboxylic acids is 1. The van der Waals surface area contributed by atoms with E-state index in [1.165, 1.54) is 4.90 Å². The van der Waals surface area contributed by atoms with E-state index in [-0.39, 0.29) is 61.9 Å². The number of carbonyl (C=O) groups excluding carboxylic acids is 3. The van der Waals surface area contributed by atoms with Crippen LogP contribution in [0.2, 0.25) is 0 Å². The fourth-order valence-electron chi connectivity index (χ4n) is 4.42. The van der Waals surface area contributed by atoms with Crippen LogP contribution in [0, 0.1) is 21.7 Å². The van der Waals surface area contributed by atoms with E-state index in [9.17, 15) is 19.2 Å². The summed E-state index contributed by atoms with van der Waals surface area (Å²) in [7, 11) is 0. The summed E-state index contributed by atoms with van der Waals surface area (Å²) < 4.78 is 10.9. The van der Waals surface area contributed by atoms with Gasteiger partial charge in [0.2, 0.25) is 5.91 Å². The summed E-state index contributed by atoms with van der Waals surface area (Å²) in [6, 6.07) is 0. The monoisotopic (exact) mass is 485 g/mol. The standard InChI is InChI=1S/C26H47NO7/c1-23(2,3)17-25(7,8)21(31)33-15-13-27(19(28)11-12-20(29)30)14-16-34-22(32)26(9,10)18-24(4,5)6/h11-18H2,1-10H3,(H,29,30). The minimum atomic E-state index is -1.07. The maximum Gasteiger partial charge on any atom is 0.311 e. The van der Waals surface area contributed by atoms with E-state index >= 15 is 0 Å². The van der Waals surface area contributed by atoms with Crippen molar-refractivity contribution in [3.05, 3.63) is 0 Å². The molecule has 0 fully saturated rings. The lowest BCUT2D eigenvalue weighted by Gasteiger charge is -2.31. The Morgan fingerprint density at radius 1 is 0.647 bits per heavy atom. The smallest absolute Gasteiger partial charge is 0.311 e. The third kappa shape index (κ3) is 13.6. The van der Waals surface area contributed by atoms with Crippen LogP contribution in [0.15, 0.2) is 0 Å². The average molecular weight is 486 g/mol. The van der Waals surface area contributed by atoms with Crippen LogP contribution in [0.4, 0.5) is 0 Å². The SMILES string of the molecule is CC(C)(C)CC(C)(C)C(=O)OCCN(CCOC(=O)C(C)(C)CC(C)(C)C)C(=O)CCC(=O)O. The lowest BCUT2D eigenvalue weighted by atomic mass is 9.76. The number of carbonyl (C=O) groups is 4. The molecule has 0 radical (unpaired) electrons. The van der Waals surface area contributed by atoms with Crippen LogP contribution in [-0.2, 0) is 28.7 Å². The zero-order valence-corrected chi connectivity index (χ0v) is 23.0. The van der Waals surface area contributed by atoms with Crippen molar-refractivity contribution in [2.24, 2.45) is 21.7 Å². The van der Waals surface area contributed by atoms with Gasteiger partial charge in [-0.1, -0.05) is 41.5 Å². The number of amides is 1. The second-order valence-corrected chi connectivity index (χ2v) is 12.8. The summed E-state index contributed by atoms with van der Waals surface area (Å²) >= 11 is 0. The Morgan fingerprint density at radius 2 is 1.00 bits per heavy atom. The van der Waals surface area contributed by atoms with Gasteiger partial charge in [0, 0.05) is 6.42 Å². The molecule has 0 heterocycles. The molecule has 1 amide bonds. The van der Waals surface area contributed by atoms with Gasteiger partial charge in [-0.05, 0) is 51.4 Å². The molecule has 0 aliphatic heterocycles. The van der Waals surface area contributed by atoms with Crippen LogP contribution < -0.4 is 0 Å². The van der Waals surface area contributed by atoms with E-state index in [4.69, 9.17) is 14.6 Å². The molecule has 0 rings (SSSR count). The minimum Gasteiger partial charge on any atom is -0.481 e. The summed E-state index contributed by atoms with van der Waals surface area (Å²) in [6.45, 7) is 19.8. The van der Waals surface area contributed by atoms with Gasteiger partial charge in [-0.15, -0.1) is 0 Å². The quantitative estimate of drug-likeness (QED) is 0.377. The molecule has 0 atom stereocenters. The number of rotatable bonds is 13. The highest BCUT2D eigenvalue weighted by Gasteiger charge is 2.35. The summed E-state index contributed by atoms with van der Waals surface area (Å²) in [5.74, 6) is -2.16. The molecule has 0 aromatic rings. The molecule has 0 aliphatic carbocycles. The van der Waals surface area contributed by atoms with Gasteiger partial charge >= 0.3 is 17.9 Å². The van der Waals surface area contributed by atoms with Crippen molar-refractivity contribution in [1.29, 1.82) is 0 Å². The lowest BCUT2D eigenvalue weighted by Crippen LogP contribution is -2.39. The Kier molecular flexibility index (Phi) is 11.8. The Balaban J connectivity index is 5.00.